The molecule has 2 saturated heterocycles. The van der Waals surface area contributed by atoms with Crippen LogP contribution in [-0.2, 0) is 9.47 Å². The highest BCUT2D eigenvalue weighted by molar-refractivity contribution is 6.31. The van der Waals surface area contributed by atoms with Gasteiger partial charge in [-0.3, -0.25) is 0 Å². The Morgan fingerprint density at radius 2 is 1.11 bits per heavy atom. The summed E-state index contributed by atoms with van der Waals surface area (Å²) in [7, 11) is 0. The van der Waals surface area contributed by atoms with Crippen LogP contribution in [0.2, 0.25) is 10.0 Å². The molecule has 3 fully saturated rings. The topological polar surface area (TPSA) is 61.0 Å². The van der Waals surface area contributed by atoms with Crippen molar-refractivity contribution in [1.29, 1.82) is 0 Å². The van der Waals surface area contributed by atoms with E-state index in [4.69, 9.17) is 42.1 Å². The summed E-state index contributed by atoms with van der Waals surface area (Å²) < 4.78 is 50.6. The van der Waals surface area contributed by atoms with Gasteiger partial charge in [0.2, 0.25) is 0 Å². The maximum absolute atomic E-state index is 13.8. The Morgan fingerprint density at radius 1 is 0.722 bits per heavy atom. The monoisotopic (exact) mass is 542 g/mol. The van der Waals surface area contributed by atoms with Crippen LogP contribution in [-0.4, -0.2) is 62.8 Å². The molecule has 196 valence electrons. The van der Waals surface area contributed by atoms with E-state index in [0.29, 0.717) is 63.1 Å². The van der Waals surface area contributed by atoms with Gasteiger partial charge in [-0.2, -0.15) is 0 Å². The second kappa shape index (κ2) is 11.0. The van der Waals surface area contributed by atoms with Crippen LogP contribution in [0.3, 0.4) is 0 Å². The highest BCUT2D eigenvalue weighted by atomic mass is 35.5. The van der Waals surface area contributed by atoms with Gasteiger partial charge in [0.25, 0.3) is 0 Å². The van der Waals surface area contributed by atoms with Gasteiger partial charge in [-0.25, -0.2) is 8.78 Å². The minimum Gasteiger partial charge on any atom is -0.481 e. The Labute approximate surface area is 219 Å². The van der Waals surface area contributed by atoms with Crippen molar-refractivity contribution in [2.75, 3.05) is 39.5 Å². The van der Waals surface area contributed by atoms with E-state index in [1.165, 1.54) is 24.3 Å². The molecule has 36 heavy (non-hydrogen) atoms. The largest absolute Gasteiger partial charge is 0.481 e. The number of hydrogen-bond acceptors (Lipinski definition) is 6. The molecule has 10 heteroatoms. The average Bonchev–Trinajstić information content (AvgIpc) is 2.82. The zero-order valence-corrected chi connectivity index (χ0v) is 21.3. The van der Waals surface area contributed by atoms with Crippen LogP contribution in [0.1, 0.15) is 25.7 Å². The van der Waals surface area contributed by atoms with Gasteiger partial charge < -0.3 is 29.6 Å². The molecule has 0 unspecified atom stereocenters. The maximum Gasteiger partial charge on any atom is 0.167 e. The molecule has 2 aromatic carbocycles. The lowest BCUT2D eigenvalue weighted by Gasteiger charge is -2.44. The first-order chi connectivity index (χ1) is 17.3. The first-order valence-electron chi connectivity index (χ1n) is 12.2. The SMILES string of the molecule is Fc1cc(OC2(CNC3CCC(NCC4(Oc5ccc(Cl)c(F)c5)COC4)CC3)COC2)ccc1Cl. The van der Waals surface area contributed by atoms with E-state index in [9.17, 15) is 8.78 Å². The minimum atomic E-state index is -0.496. The van der Waals surface area contributed by atoms with Gasteiger partial charge >= 0.3 is 0 Å². The number of halogens is 4. The molecule has 0 bridgehead atoms. The van der Waals surface area contributed by atoms with Crippen LogP contribution < -0.4 is 20.1 Å². The molecule has 2 aliphatic heterocycles. The molecule has 0 atom stereocenters. The first-order valence-corrected chi connectivity index (χ1v) is 13.0. The molecular weight excluding hydrogens is 513 g/mol. The van der Waals surface area contributed by atoms with Crippen LogP contribution >= 0.6 is 23.2 Å². The summed E-state index contributed by atoms with van der Waals surface area (Å²) >= 11 is 11.6. The van der Waals surface area contributed by atoms with E-state index in [2.05, 4.69) is 10.6 Å². The van der Waals surface area contributed by atoms with Crippen molar-refractivity contribution in [3.63, 3.8) is 0 Å². The molecule has 2 N–H and O–H groups in total. The van der Waals surface area contributed by atoms with Gasteiger partial charge in [0, 0.05) is 37.3 Å². The van der Waals surface area contributed by atoms with E-state index >= 15 is 0 Å². The molecule has 2 heterocycles. The Morgan fingerprint density at radius 3 is 1.42 bits per heavy atom. The van der Waals surface area contributed by atoms with Crippen LogP contribution in [0.25, 0.3) is 0 Å². The summed E-state index contributed by atoms with van der Waals surface area (Å²) in [5.41, 5.74) is -0.991. The van der Waals surface area contributed by atoms with E-state index < -0.39 is 22.8 Å². The molecule has 0 spiro atoms. The third kappa shape index (κ3) is 6.06. The Hall–Kier alpha value is -1.68. The summed E-state index contributed by atoms with van der Waals surface area (Å²) in [5.74, 6) is -0.0895. The fraction of sp³-hybridized carbons (Fsp3) is 0.538. The van der Waals surface area contributed by atoms with Crippen molar-refractivity contribution in [1.82, 2.24) is 10.6 Å². The standard InChI is InChI=1S/C26H30Cl2F2N2O4/c27-21-7-5-19(9-23(21)29)35-25(13-33-14-25)11-31-17-1-2-18(4-3-17)32-12-26(15-34-16-26)36-20-6-8-22(28)24(30)10-20/h5-10,17-18,31-32H,1-4,11-16H2. The fourth-order valence-electron chi connectivity index (χ4n) is 4.80. The summed E-state index contributed by atoms with van der Waals surface area (Å²) in [5, 5.41) is 7.40. The predicted octanol–water partition coefficient (Wildman–Crippen LogP) is 4.76. The number of ether oxygens (including phenoxy) is 4. The summed E-state index contributed by atoms with van der Waals surface area (Å²) in [6, 6.07) is 9.73. The van der Waals surface area contributed by atoms with Gasteiger partial charge in [-0.15, -0.1) is 0 Å². The van der Waals surface area contributed by atoms with E-state index in [0.717, 1.165) is 25.7 Å². The van der Waals surface area contributed by atoms with Gasteiger partial charge in [0.15, 0.2) is 11.2 Å². The van der Waals surface area contributed by atoms with Gasteiger partial charge in [-0.05, 0) is 49.9 Å². The molecule has 3 aliphatic rings. The second-order valence-corrected chi connectivity index (χ2v) is 10.8. The zero-order chi connectivity index (χ0) is 25.2. The first kappa shape index (κ1) is 25.9. The molecule has 2 aromatic rings. The van der Waals surface area contributed by atoms with E-state index in [1.807, 2.05) is 0 Å². The second-order valence-electron chi connectivity index (χ2n) is 10.0. The Kier molecular flexibility index (Phi) is 7.91. The van der Waals surface area contributed by atoms with Crippen molar-refractivity contribution in [3.05, 3.63) is 58.1 Å². The normalized spacial score (nSPS) is 24.4. The van der Waals surface area contributed by atoms with E-state index in [-0.39, 0.29) is 10.0 Å². The average molecular weight is 543 g/mol. The lowest BCUT2D eigenvalue weighted by Crippen LogP contribution is -2.62. The molecule has 1 saturated carbocycles. The van der Waals surface area contributed by atoms with Crippen molar-refractivity contribution in [3.8, 4) is 11.5 Å². The van der Waals surface area contributed by atoms with Gasteiger partial charge in [-0.1, -0.05) is 23.2 Å². The summed E-state index contributed by atoms with van der Waals surface area (Å²) in [6.45, 7) is 3.11. The van der Waals surface area contributed by atoms with Crippen LogP contribution in [0.5, 0.6) is 11.5 Å². The smallest absolute Gasteiger partial charge is 0.167 e. The summed E-state index contributed by atoms with van der Waals surface area (Å²) in [6.07, 6.45) is 4.10. The number of nitrogens with one attached hydrogen (secondary N) is 2. The highest BCUT2D eigenvalue weighted by Gasteiger charge is 2.43. The third-order valence-electron chi connectivity index (χ3n) is 7.06. The zero-order valence-electron chi connectivity index (χ0n) is 19.8. The fourth-order valence-corrected chi connectivity index (χ4v) is 5.03. The van der Waals surface area contributed by atoms with Crippen molar-refractivity contribution < 1.29 is 27.7 Å². The van der Waals surface area contributed by atoms with Crippen molar-refractivity contribution in [2.45, 2.75) is 49.0 Å². The Balaban J connectivity index is 1.06. The third-order valence-corrected chi connectivity index (χ3v) is 7.68. The van der Waals surface area contributed by atoms with Crippen molar-refractivity contribution >= 4 is 23.2 Å². The molecule has 0 radical (unpaired) electrons. The number of hydrogen-bond donors (Lipinski definition) is 2. The molecular formula is C26H30Cl2F2N2O4. The van der Waals surface area contributed by atoms with Gasteiger partial charge in [0.05, 0.1) is 36.5 Å². The van der Waals surface area contributed by atoms with Gasteiger partial charge in [0.1, 0.15) is 23.1 Å². The quantitative estimate of drug-likeness (QED) is 0.451. The van der Waals surface area contributed by atoms with Crippen molar-refractivity contribution in [2.24, 2.45) is 0 Å². The maximum atomic E-state index is 13.8. The van der Waals surface area contributed by atoms with Crippen LogP contribution in [0, 0.1) is 11.6 Å². The van der Waals surface area contributed by atoms with Crippen LogP contribution in [0.15, 0.2) is 36.4 Å². The van der Waals surface area contributed by atoms with Crippen LogP contribution in [0.4, 0.5) is 8.78 Å². The molecule has 5 rings (SSSR count). The molecule has 1 aliphatic carbocycles. The lowest BCUT2D eigenvalue weighted by atomic mass is 9.89. The van der Waals surface area contributed by atoms with E-state index in [1.54, 1.807) is 12.1 Å². The number of rotatable bonds is 10. The summed E-state index contributed by atoms with van der Waals surface area (Å²) in [4.78, 5) is 0. The number of benzene rings is 2. The lowest BCUT2D eigenvalue weighted by molar-refractivity contribution is -0.160. The highest BCUT2D eigenvalue weighted by Crippen LogP contribution is 2.30. The Bertz CT molecular complexity index is 977. The molecule has 0 aromatic heterocycles. The molecule has 6 nitrogen and oxygen atoms in total. The minimum absolute atomic E-state index is 0.0750. The molecule has 0 amide bonds. The predicted molar refractivity (Wildman–Crippen MR) is 133 cm³/mol.